The second kappa shape index (κ2) is 7.92. The van der Waals surface area contributed by atoms with E-state index in [0.717, 1.165) is 5.56 Å². The van der Waals surface area contributed by atoms with Crippen LogP contribution in [0, 0.1) is 0 Å². The number of nitrogens with zero attached hydrogens (tertiary/aromatic N) is 2. The smallest absolute Gasteiger partial charge is 0.341 e. The lowest BCUT2D eigenvalue weighted by Gasteiger charge is -2.11. The van der Waals surface area contributed by atoms with Crippen molar-refractivity contribution in [2.45, 2.75) is 13.2 Å². The van der Waals surface area contributed by atoms with E-state index in [0.29, 0.717) is 18.1 Å². The van der Waals surface area contributed by atoms with E-state index in [-0.39, 0.29) is 18.0 Å². The summed E-state index contributed by atoms with van der Waals surface area (Å²) in [5.41, 5.74) is 1.05. The number of aromatic nitrogens is 2. The number of nitrogens with one attached hydrogen (secondary N) is 1. The number of carboxylic acid groups (broad SMARTS) is 1. The van der Waals surface area contributed by atoms with Crippen LogP contribution in [0.2, 0.25) is 0 Å². The highest BCUT2D eigenvalue weighted by Crippen LogP contribution is 2.15. The Bertz CT molecular complexity index is 839. The normalized spacial score (nSPS) is 10.2. The first-order valence-electron chi connectivity index (χ1n) is 7.77. The van der Waals surface area contributed by atoms with Crippen LogP contribution in [0.25, 0.3) is 0 Å². The molecule has 3 aromatic rings. The third-order valence-electron chi connectivity index (χ3n) is 3.48. The molecule has 0 atom stereocenters. The van der Waals surface area contributed by atoms with Crippen LogP contribution >= 0.6 is 0 Å². The Morgan fingerprint density at radius 2 is 1.72 bits per heavy atom. The molecule has 25 heavy (non-hydrogen) atoms. The van der Waals surface area contributed by atoms with Crippen molar-refractivity contribution in [2.75, 3.05) is 5.32 Å². The van der Waals surface area contributed by atoms with Gasteiger partial charge in [-0.05, 0) is 17.7 Å². The van der Waals surface area contributed by atoms with Gasteiger partial charge in [-0.25, -0.2) is 14.8 Å². The van der Waals surface area contributed by atoms with Crippen LogP contribution in [0.4, 0.5) is 5.82 Å². The molecule has 1 heterocycles. The molecule has 6 heteroatoms. The monoisotopic (exact) mass is 335 g/mol. The minimum absolute atomic E-state index is 0.0272. The molecule has 0 saturated heterocycles. The van der Waals surface area contributed by atoms with E-state index in [1.165, 1.54) is 6.20 Å². The van der Waals surface area contributed by atoms with Crippen molar-refractivity contribution in [1.29, 1.82) is 0 Å². The standard InChI is InChI=1S/C19H17N3O3/c23-19(24)16-12-20-17(13-25-15-9-5-2-6-10-15)22-18(16)21-11-14-7-3-1-4-8-14/h1-10,12H,11,13H2,(H,23,24)(H,20,21,22). The van der Waals surface area contributed by atoms with Crippen LogP contribution in [0.1, 0.15) is 21.7 Å². The Kier molecular flexibility index (Phi) is 5.21. The van der Waals surface area contributed by atoms with Crippen molar-refractivity contribution in [2.24, 2.45) is 0 Å². The minimum atomic E-state index is -1.08. The number of carboxylic acids is 1. The van der Waals surface area contributed by atoms with Crippen LogP contribution in [-0.4, -0.2) is 21.0 Å². The summed E-state index contributed by atoms with van der Waals surface area (Å²) in [6.45, 7) is 0.626. The fraction of sp³-hybridized carbons (Fsp3) is 0.105. The molecule has 0 aliphatic carbocycles. The molecule has 2 aromatic carbocycles. The number of anilines is 1. The van der Waals surface area contributed by atoms with Crippen molar-refractivity contribution >= 4 is 11.8 Å². The molecule has 0 bridgehead atoms. The summed E-state index contributed by atoms with van der Waals surface area (Å²) in [5, 5.41) is 12.4. The number of aromatic carboxylic acids is 1. The quantitative estimate of drug-likeness (QED) is 0.689. The van der Waals surface area contributed by atoms with Gasteiger partial charge in [-0.15, -0.1) is 0 Å². The molecular formula is C19H17N3O3. The molecule has 0 aliphatic rings. The predicted octanol–water partition coefficient (Wildman–Crippen LogP) is 3.37. The van der Waals surface area contributed by atoms with Crippen LogP contribution in [0.3, 0.4) is 0 Å². The van der Waals surface area contributed by atoms with Crippen molar-refractivity contribution in [3.8, 4) is 5.75 Å². The molecule has 0 amide bonds. The molecule has 0 spiro atoms. The average molecular weight is 335 g/mol. The molecule has 0 unspecified atom stereocenters. The van der Waals surface area contributed by atoms with Gasteiger partial charge in [-0.2, -0.15) is 0 Å². The molecule has 0 fully saturated rings. The lowest BCUT2D eigenvalue weighted by molar-refractivity contribution is 0.0697. The maximum atomic E-state index is 11.4. The molecule has 6 nitrogen and oxygen atoms in total. The minimum Gasteiger partial charge on any atom is -0.486 e. The van der Waals surface area contributed by atoms with Crippen LogP contribution in [-0.2, 0) is 13.2 Å². The van der Waals surface area contributed by atoms with Crippen LogP contribution in [0.5, 0.6) is 5.75 Å². The summed E-state index contributed by atoms with van der Waals surface area (Å²) in [4.78, 5) is 19.7. The van der Waals surface area contributed by atoms with Gasteiger partial charge >= 0.3 is 5.97 Å². The summed E-state index contributed by atoms with van der Waals surface area (Å²) in [6.07, 6.45) is 1.30. The SMILES string of the molecule is O=C(O)c1cnc(COc2ccccc2)nc1NCc1ccccc1. The van der Waals surface area contributed by atoms with E-state index in [2.05, 4.69) is 15.3 Å². The van der Waals surface area contributed by atoms with Crippen LogP contribution in [0.15, 0.2) is 66.9 Å². The zero-order valence-electron chi connectivity index (χ0n) is 13.4. The lowest BCUT2D eigenvalue weighted by Crippen LogP contribution is -2.12. The summed E-state index contributed by atoms with van der Waals surface area (Å²) in [5.74, 6) is 0.306. The largest absolute Gasteiger partial charge is 0.486 e. The highest BCUT2D eigenvalue weighted by Gasteiger charge is 2.14. The van der Waals surface area contributed by atoms with Gasteiger partial charge in [0.1, 0.15) is 23.7 Å². The molecular weight excluding hydrogens is 318 g/mol. The molecule has 0 saturated carbocycles. The summed E-state index contributed by atoms with van der Waals surface area (Å²) in [7, 11) is 0. The van der Waals surface area contributed by atoms with Gasteiger partial charge in [0.05, 0.1) is 0 Å². The molecule has 2 N–H and O–H groups in total. The Labute approximate surface area is 145 Å². The number of hydrogen-bond donors (Lipinski definition) is 2. The number of hydrogen-bond acceptors (Lipinski definition) is 5. The number of benzene rings is 2. The maximum Gasteiger partial charge on any atom is 0.341 e. The van der Waals surface area contributed by atoms with Crippen molar-refractivity contribution in [3.63, 3.8) is 0 Å². The first kappa shape index (κ1) is 16.4. The van der Waals surface area contributed by atoms with E-state index in [1.807, 2.05) is 60.7 Å². The third kappa shape index (κ3) is 4.54. The zero-order valence-corrected chi connectivity index (χ0v) is 13.4. The second-order valence-electron chi connectivity index (χ2n) is 5.29. The highest BCUT2D eigenvalue weighted by atomic mass is 16.5. The first-order valence-corrected chi connectivity index (χ1v) is 7.77. The number of rotatable bonds is 7. The van der Waals surface area contributed by atoms with E-state index < -0.39 is 5.97 Å². The molecule has 0 radical (unpaired) electrons. The van der Waals surface area contributed by atoms with Crippen molar-refractivity contribution in [1.82, 2.24) is 9.97 Å². The van der Waals surface area contributed by atoms with E-state index in [1.54, 1.807) is 0 Å². The molecule has 126 valence electrons. The lowest BCUT2D eigenvalue weighted by atomic mass is 10.2. The van der Waals surface area contributed by atoms with Gasteiger partial charge in [0, 0.05) is 12.7 Å². The van der Waals surface area contributed by atoms with Crippen LogP contribution < -0.4 is 10.1 Å². The van der Waals surface area contributed by atoms with Gasteiger partial charge in [0.25, 0.3) is 0 Å². The Balaban J connectivity index is 1.73. The van der Waals surface area contributed by atoms with Crippen molar-refractivity contribution < 1.29 is 14.6 Å². The highest BCUT2D eigenvalue weighted by molar-refractivity contribution is 5.92. The van der Waals surface area contributed by atoms with Gasteiger partial charge in [-0.1, -0.05) is 48.5 Å². The average Bonchev–Trinajstić information content (AvgIpc) is 2.66. The molecule has 0 aliphatic heterocycles. The van der Waals surface area contributed by atoms with Crippen molar-refractivity contribution in [3.05, 3.63) is 83.8 Å². The maximum absolute atomic E-state index is 11.4. The summed E-state index contributed by atoms with van der Waals surface area (Å²) < 4.78 is 5.61. The van der Waals surface area contributed by atoms with Gasteiger partial charge < -0.3 is 15.2 Å². The Morgan fingerprint density at radius 1 is 1.04 bits per heavy atom. The Morgan fingerprint density at radius 3 is 2.40 bits per heavy atom. The molecule has 1 aromatic heterocycles. The van der Waals surface area contributed by atoms with E-state index in [9.17, 15) is 9.90 Å². The predicted molar refractivity (Wildman–Crippen MR) is 93.5 cm³/mol. The topological polar surface area (TPSA) is 84.3 Å². The third-order valence-corrected chi connectivity index (χ3v) is 3.48. The Hall–Kier alpha value is -3.41. The number of para-hydroxylation sites is 1. The second-order valence-corrected chi connectivity index (χ2v) is 5.29. The summed E-state index contributed by atoms with van der Waals surface area (Å²) >= 11 is 0. The van der Waals surface area contributed by atoms with Gasteiger partial charge in [0.2, 0.25) is 0 Å². The molecule has 3 rings (SSSR count). The first-order chi connectivity index (χ1) is 12.2. The fourth-order valence-corrected chi connectivity index (χ4v) is 2.23. The van der Waals surface area contributed by atoms with E-state index >= 15 is 0 Å². The van der Waals surface area contributed by atoms with Gasteiger partial charge in [0.15, 0.2) is 5.82 Å². The van der Waals surface area contributed by atoms with E-state index in [4.69, 9.17) is 4.74 Å². The fourth-order valence-electron chi connectivity index (χ4n) is 2.23. The number of carbonyl (C=O) groups is 1. The summed E-state index contributed by atoms with van der Waals surface area (Å²) in [6, 6.07) is 19.0. The zero-order chi connectivity index (χ0) is 17.5. The van der Waals surface area contributed by atoms with Gasteiger partial charge in [-0.3, -0.25) is 0 Å². The number of ether oxygens (including phenoxy) is 1.